The molecule has 5 nitrogen and oxygen atoms in total. The van der Waals surface area contributed by atoms with Gasteiger partial charge in [0.1, 0.15) is 6.04 Å². The van der Waals surface area contributed by atoms with Gasteiger partial charge in [0, 0.05) is 13.1 Å². The molecule has 1 aromatic rings. The van der Waals surface area contributed by atoms with Crippen LogP contribution >= 0.6 is 0 Å². The van der Waals surface area contributed by atoms with E-state index >= 15 is 0 Å². The number of carbonyl (C=O) groups excluding carboxylic acids is 1. The lowest BCUT2D eigenvalue weighted by molar-refractivity contribution is -0.139. The van der Waals surface area contributed by atoms with Crippen LogP contribution in [0.3, 0.4) is 0 Å². The van der Waals surface area contributed by atoms with E-state index in [1.165, 1.54) is 5.56 Å². The summed E-state index contributed by atoms with van der Waals surface area (Å²) in [6, 6.07) is 7.06. The Balaban J connectivity index is 1.65. The number of carboxylic acids is 1. The molecule has 0 spiro atoms. The SMILES string of the molecule is O=C(O)C(NC(=O)N1CCc2ccccc2C1)C1CC1. The van der Waals surface area contributed by atoms with Gasteiger partial charge in [0.25, 0.3) is 0 Å². The minimum atomic E-state index is -0.932. The van der Waals surface area contributed by atoms with Gasteiger partial charge < -0.3 is 15.3 Å². The average Bonchev–Trinajstić information content (AvgIpc) is 3.28. The maximum absolute atomic E-state index is 12.2. The zero-order valence-corrected chi connectivity index (χ0v) is 11.2. The van der Waals surface area contributed by atoms with E-state index in [2.05, 4.69) is 11.4 Å². The Morgan fingerprint density at radius 2 is 1.95 bits per heavy atom. The fourth-order valence-electron chi connectivity index (χ4n) is 2.70. The third-order valence-corrected chi connectivity index (χ3v) is 4.06. The molecule has 0 saturated heterocycles. The van der Waals surface area contributed by atoms with E-state index < -0.39 is 12.0 Å². The normalized spacial score (nSPS) is 19.1. The Bertz CT molecular complexity index is 540. The molecule has 1 aromatic carbocycles. The Hall–Kier alpha value is -2.04. The number of urea groups is 1. The summed E-state index contributed by atoms with van der Waals surface area (Å²) in [6.07, 6.45) is 2.60. The molecule has 0 bridgehead atoms. The van der Waals surface area contributed by atoms with Crippen molar-refractivity contribution in [2.75, 3.05) is 6.54 Å². The van der Waals surface area contributed by atoms with Gasteiger partial charge in [-0.15, -0.1) is 0 Å². The lowest BCUT2D eigenvalue weighted by atomic mass is 10.0. The number of aliphatic carboxylic acids is 1. The molecule has 1 atom stereocenters. The molecule has 1 aliphatic carbocycles. The number of benzene rings is 1. The predicted octanol–water partition coefficient (Wildman–Crippen LogP) is 1.62. The highest BCUT2D eigenvalue weighted by atomic mass is 16.4. The maximum atomic E-state index is 12.2. The second-order valence-electron chi connectivity index (χ2n) is 5.54. The fourth-order valence-corrected chi connectivity index (χ4v) is 2.70. The first-order chi connectivity index (χ1) is 9.65. The van der Waals surface area contributed by atoms with Crippen molar-refractivity contribution >= 4 is 12.0 Å². The molecule has 1 heterocycles. The van der Waals surface area contributed by atoms with Crippen LogP contribution in [-0.4, -0.2) is 34.6 Å². The molecule has 1 unspecified atom stereocenters. The second-order valence-corrected chi connectivity index (χ2v) is 5.54. The van der Waals surface area contributed by atoms with Crippen molar-refractivity contribution in [1.29, 1.82) is 0 Å². The standard InChI is InChI=1S/C15H18N2O3/c18-14(19)13(11-5-6-11)16-15(20)17-8-7-10-3-1-2-4-12(10)9-17/h1-4,11,13H,5-9H2,(H,16,20)(H,18,19). The van der Waals surface area contributed by atoms with E-state index in [1.54, 1.807) is 4.90 Å². The molecular formula is C15H18N2O3. The number of carbonyl (C=O) groups is 2. The Kier molecular flexibility index (Phi) is 3.34. The van der Waals surface area contributed by atoms with Crippen molar-refractivity contribution < 1.29 is 14.7 Å². The van der Waals surface area contributed by atoms with Gasteiger partial charge in [-0.25, -0.2) is 9.59 Å². The number of carboxylic acid groups (broad SMARTS) is 1. The highest BCUT2D eigenvalue weighted by molar-refractivity contribution is 5.83. The van der Waals surface area contributed by atoms with Crippen molar-refractivity contribution in [2.45, 2.75) is 31.8 Å². The molecule has 3 rings (SSSR count). The highest BCUT2D eigenvalue weighted by Gasteiger charge is 2.38. The number of nitrogens with zero attached hydrogens (tertiary/aromatic N) is 1. The third kappa shape index (κ3) is 2.61. The average molecular weight is 274 g/mol. The van der Waals surface area contributed by atoms with Crippen LogP contribution in [0.1, 0.15) is 24.0 Å². The van der Waals surface area contributed by atoms with E-state index in [0.717, 1.165) is 24.8 Å². The zero-order chi connectivity index (χ0) is 14.1. The molecule has 0 aromatic heterocycles. The van der Waals surface area contributed by atoms with E-state index in [4.69, 9.17) is 5.11 Å². The molecule has 1 saturated carbocycles. The summed E-state index contributed by atoms with van der Waals surface area (Å²) < 4.78 is 0. The molecule has 1 aliphatic heterocycles. The minimum absolute atomic E-state index is 0.105. The molecule has 20 heavy (non-hydrogen) atoms. The summed E-state index contributed by atoms with van der Waals surface area (Å²) in [4.78, 5) is 25.1. The largest absolute Gasteiger partial charge is 0.480 e. The maximum Gasteiger partial charge on any atom is 0.326 e. The lowest BCUT2D eigenvalue weighted by Crippen LogP contribution is -2.50. The Labute approximate surface area is 117 Å². The van der Waals surface area contributed by atoms with Crippen molar-refractivity contribution in [2.24, 2.45) is 5.92 Å². The monoisotopic (exact) mass is 274 g/mol. The van der Waals surface area contributed by atoms with Crippen LogP contribution < -0.4 is 5.32 Å². The number of amides is 2. The molecule has 2 N–H and O–H groups in total. The summed E-state index contributed by atoms with van der Waals surface area (Å²) in [5.41, 5.74) is 2.42. The first-order valence-corrected chi connectivity index (χ1v) is 7.00. The van der Waals surface area contributed by atoms with Gasteiger partial charge in [-0.1, -0.05) is 24.3 Å². The quantitative estimate of drug-likeness (QED) is 0.880. The Morgan fingerprint density at radius 1 is 1.25 bits per heavy atom. The van der Waals surface area contributed by atoms with Gasteiger partial charge in [0.05, 0.1) is 0 Å². The number of rotatable bonds is 3. The molecular weight excluding hydrogens is 256 g/mol. The van der Waals surface area contributed by atoms with Gasteiger partial charge in [0.2, 0.25) is 0 Å². The zero-order valence-electron chi connectivity index (χ0n) is 11.2. The van der Waals surface area contributed by atoms with Gasteiger partial charge in [-0.2, -0.15) is 0 Å². The first kappa shape index (κ1) is 13.0. The van der Waals surface area contributed by atoms with Crippen LogP contribution in [-0.2, 0) is 17.8 Å². The number of nitrogens with one attached hydrogen (secondary N) is 1. The summed E-state index contributed by atoms with van der Waals surface area (Å²) >= 11 is 0. The molecule has 5 heteroatoms. The van der Waals surface area contributed by atoms with Crippen LogP contribution in [0, 0.1) is 5.92 Å². The van der Waals surface area contributed by atoms with Crippen molar-refractivity contribution in [3.8, 4) is 0 Å². The van der Waals surface area contributed by atoms with Crippen molar-refractivity contribution in [3.63, 3.8) is 0 Å². The van der Waals surface area contributed by atoms with E-state index in [9.17, 15) is 9.59 Å². The van der Waals surface area contributed by atoms with Crippen LogP contribution in [0.4, 0.5) is 4.79 Å². The van der Waals surface area contributed by atoms with Crippen LogP contribution in [0.2, 0.25) is 0 Å². The molecule has 0 radical (unpaired) electrons. The number of hydrogen-bond donors (Lipinski definition) is 2. The van der Waals surface area contributed by atoms with Crippen molar-refractivity contribution in [1.82, 2.24) is 10.2 Å². The summed E-state index contributed by atoms with van der Waals surface area (Å²) in [6.45, 7) is 1.19. The first-order valence-electron chi connectivity index (χ1n) is 7.00. The van der Waals surface area contributed by atoms with Gasteiger partial charge in [0.15, 0.2) is 0 Å². The minimum Gasteiger partial charge on any atom is -0.480 e. The molecule has 106 valence electrons. The van der Waals surface area contributed by atoms with E-state index in [0.29, 0.717) is 13.1 Å². The lowest BCUT2D eigenvalue weighted by Gasteiger charge is -2.30. The van der Waals surface area contributed by atoms with Gasteiger partial charge in [-0.05, 0) is 36.3 Å². The van der Waals surface area contributed by atoms with Crippen molar-refractivity contribution in [3.05, 3.63) is 35.4 Å². The second kappa shape index (κ2) is 5.15. The molecule has 2 amide bonds. The molecule has 2 aliphatic rings. The van der Waals surface area contributed by atoms with Crippen LogP contribution in [0.15, 0.2) is 24.3 Å². The molecule has 1 fully saturated rings. The highest BCUT2D eigenvalue weighted by Crippen LogP contribution is 2.33. The smallest absolute Gasteiger partial charge is 0.326 e. The topological polar surface area (TPSA) is 69.6 Å². The fraction of sp³-hybridized carbons (Fsp3) is 0.467. The van der Waals surface area contributed by atoms with E-state index in [1.807, 2.05) is 18.2 Å². The summed E-state index contributed by atoms with van der Waals surface area (Å²) in [5.74, 6) is -0.827. The van der Waals surface area contributed by atoms with Crippen LogP contribution in [0.25, 0.3) is 0 Å². The van der Waals surface area contributed by atoms with Gasteiger partial charge >= 0.3 is 12.0 Å². The summed E-state index contributed by atoms with van der Waals surface area (Å²) in [7, 11) is 0. The Morgan fingerprint density at radius 3 is 2.60 bits per heavy atom. The number of fused-ring (bicyclic) bond motifs is 1. The predicted molar refractivity (Wildman–Crippen MR) is 73.2 cm³/mol. The summed E-state index contributed by atoms with van der Waals surface area (Å²) in [5, 5.41) is 11.8. The van der Waals surface area contributed by atoms with Gasteiger partial charge in [-0.3, -0.25) is 0 Å². The number of hydrogen-bond acceptors (Lipinski definition) is 2. The van der Waals surface area contributed by atoms with E-state index in [-0.39, 0.29) is 11.9 Å². The van der Waals surface area contributed by atoms with Crippen LogP contribution in [0.5, 0.6) is 0 Å². The third-order valence-electron chi connectivity index (χ3n) is 4.06.